The maximum Gasteiger partial charge on any atom is 0.305 e. The predicted octanol–water partition coefficient (Wildman–Crippen LogP) is 0.337. The number of carboxylic acids is 1. The zero-order chi connectivity index (χ0) is 11.7. The summed E-state index contributed by atoms with van der Waals surface area (Å²) >= 11 is 5.58. The Morgan fingerprint density at radius 1 is 1.62 bits per heavy atom. The van der Waals surface area contributed by atoms with E-state index in [0.29, 0.717) is 11.5 Å². The number of anilines is 2. The van der Waals surface area contributed by atoms with Crippen LogP contribution >= 0.6 is 11.6 Å². The van der Waals surface area contributed by atoms with Gasteiger partial charge in [-0.2, -0.15) is 4.98 Å². The van der Waals surface area contributed by atoms with E-state index in [0.717, 1.165) is 0 Å². The largest absolute Gasteiger partial charge is 0.481 e. The van der Waals surface area contributed by atoms with Crippen molar-refractivity contribution < 1.29 is 14.7 Å². The Morgan fingerprint density at radius 3 is 3.06 bits per heavy atom. The van der Waals surface area contributed by atoms with Crippen LogP contribution < -0.4 is 10.6 Å². The minimum absolute atomic E-state index is 0.0245. The summed E-state index contributed by atoms with van der Waals surface area (Å²) in [6.07, 6.45) is 1.03. The molecule has 1 aromatic rings. The number of fused-ring (bicyclic) bond motifs is 1. The number of nitrogens with zero attached hydrogens (tertiary/aromatic N) is 2. The van der Waals surface area contributed by atoms with Crippen molar-refractivity contribution in [1.82, 2.24) is 9.97 Å². The Kier molecular flexibility index (Phi) is 2.61. The Bertz CT molecular complexity index is 465. The quantitative estimate of drug-likeness (QED) is 0.646. The third-order valence-corrected chi connectivity index (χ3v) is 2.21. The first-order chi connectivity index (χ1) is 7.56. The molecule has 1 atom stereocenters. The summed E-state index contributed by atoms with van der Waals surface area (Å²) in [6.45, 7) is 0. The fourth-order valence-corrected chi connectivity index (χ4v) is 1.46. The van der Waals surface area contributed by atoms with Crippen LogP contribution in [0.25, 0.3) is 0 Å². The van der Waals surface area contributed by atoms with Gasteiger partial charge in [-0.1, -0.05) is 0 Å². The smallest absolute Gasteiger partial charge is 0.305 e. The number of aliphatic carboxylic acids is 1. The normalized spacial score (nSPS) is 18.3. The van der Waals surface area contributed by atoms with E-state index in [9.17, 15) is 9.59 Å². The second kappa shape index (κ2) is 3.93. The molecule has 1 amide bonds. The minimum atomic E-state index is -1.07. The molecular formula is C8H7ClN4O3. The van der Waals surface area contributed by atoms with Crippen LogP contribution in [0.4, 0.5) is 11.5 Å². The van der Waals surface area contributed by atoms with Crippen LogP contribution in [0.5, 0.6) is 0 Å². The van der Waals surface area contributed by atoms with Gasteiger partial charge >= 0.3 is 5.97 Å². The molecule has 1 aliphatic heterocycles. The number of rotatable bonds is 2. The molecule has 0 bridgehead atoms. The number of amides is 1. The lowest BCUT2D eigenvalue weighted by Crippen LogP contribution is -2.40. The van der Waals surface area contributed by atoms with Crippen LogP contribution in [0, 0.1) is 0 Å². The molecule has 0 aliphatic carbocycles. The molecule has 0 saturated heterocycles. The first-order valence-corrected chi connectivity index (χ1v) is 4.76. The number of hydrogen-bond donors (Lipinski definition) is 3. The second-order valence-corrected chi connectivity index (χ2v) is 3.52. The molecule has 2 rings (SSSR count). The second-order valence-electron chi connectivity index (χ2n) is 3.19. The van der Waals surface area contributed by atoms with Gasteiger partial charge in [-0.05, 0) is 11.6 Å². The van der Waals surface area contributed by atoms with E-state index < -0.39 is 17.9 Å². The van der Waals surface area contributed by atoms with Gasteiger partial charge in [0.2, 0.25) is 11.2 Å². The van der Waals surface area contributed by atoms with E-state index in [1.807, 2.05) is 0 Å². The van der Waals surface area contributed by atoms with E-state index in [1.54, 1.807) is 0 Å². The molecule has 0 spiro atoms. The number of carbonyl (C=O) groups is 2. The molecule has 2 heterocycles. The highest BCUT2D eigenvalue weighted by Crippen LogP contribution is 2.25. The summed E-state index contributed by atoms with van der Waals surface area (Å²) in [5.41, 5.74) is 0.385. The van der Waals surface area contributed by atoms with Crippen molar-refractivity contribution in [2.24, 2.45) is 0 Å². The van der Waals surface area contributed by atoms with Gasteiger partial charge in [-0.15, -0.1) is 0 Å². The monoisotopic (exact) mass is 242 g/mol. The summed E-state index contributed by atoms with van der Waals surface area (Å²) in [4.78, 5) is 29.5. The average molecular weight is 243 g/mol. The van der Waals surface area contributed by atoms with Crippen molar-refractivity contribution in [1.29, 1.82) is 0 Å². The van der Waals surface area contributed by atoms with Crippen LogP contribution in [0.2, 0.25) is 5.28 Å². The zero-order valence-electron chi connectivity index (χ0n) is 7.90. The number of hydrogen-bond acceptors (Lipinski definition) is 5. The topological polar surface area (TPSA) is 104 Å². The number of halogens is 1. The highest BCUT2D eigenvalue weighted by molar-refractivity contribution is 6.28. The van der Waals surface area contributed by atoms with E-state index in [4.69, 9.17) is 16.7 Å². The van der Waals surface area contributed by atoms with Crippen LogP contribution in [0.3, 0.4) is 0 Å². The molecule has 0 radical (unpaired) electrons. The molecule has 1 aliphatic rings. The molecular weight excluding hydrogens is 236 g/mol. The fraction of sp³-hybridized carbons (Fsp3) is 0.250. The molecule has 1 aromatic heterocycles. The average Bonchev–Trinajstić information content (AvgIpc) is 2.19. The Balaban J connectivity index is 2.26. The maximum absolute atomic E-state index is 11.5. The van der Waals surface area contributed by atoms with Gasteiger partial charge in [-0.25, -0.2) is 4.98 Å². The Labute approximate surface area is 94.8 Å². The van der Waals surface area contributed by atoms with Crippen LogP contribution in [0.15, 0.2) is 6.20 Å². The van der Waals surface area contributed by atoms with Crippen molar-refractivity contribution in [3.63, 3.8) is 0 Å². The van der Waals surface area contributed by atoms with Gasteiger partial charge in [0.05, 0.1) is 12.6 Å². The number of carboxylic acid groups (broad SMARTS) is 1. The third-order valence-electron chi connectivity index (χ3n) is 2.02. The molecule has 0 aromatic carbocycles. The van der Waals surface area contributed by atoms with Crippen LogP contribution in [-0.2, 0) is 9.59 Å². The standard InChI is InChI=1S/C8H7ClN4O3/c9-8-10-2-4-6(13-8)11-3(1-5(14)15)7(16)12-4/h2-3H,1H2,(H,12,16)(H,14,15)(H,10,11,13). The zero-order valence-corrected chi connectivity index (χ0v) is 8.65. The van der Waals surface area contributed by atoms with Crippen LogP contribution in [-0.4, -0.2) is 33.0 Å². The lowest BCUT2D eigenvalue weighted by Gasteiger charge is -2.24. The number of aromatic nitrogens is 2. The minimum Gasteiger partial charge on any atom is -0.481 e. The first kappa shape index (κ1) is 10.6. The highest BCUT2D eigenvalue weighted by atomic mass is 35.5. The van der Waals surface area contributed by atoms with Crippen molar-refractivity contribution in [3.05, 3.63) is 11.5 Å². The summed E-state index contributed by atoms with van der Waals surface area (Å²) in [6, 6.07) is -0.851. The van der Waals surface area contributed by atoms with Gasteiger partial charge in [-0.3, -0.25) is 9.59 Å². The van der Waals surface area contributed by atoms with Crippen molar-refractivity contribution >= 4 is 35.0 Å². The van der Waals surface area contributed by atoms with E-state index in [1.165, 1.54) is 6.20 Å². The van der Waals surface area contributed by atoms with Gasteiger partial charge in [0.15, 0.2) is 5.82 Å². The van der Waals surface area contributed by atoms with E-state index in [-0.39, 0.29) is 11.7 Å². The van der Waals surface area contributed by atoms with Crippen molar-refractivity contribution in [2.45, 2.75) is 12.5 Å². The number of nitrogens with one attached hydrogen (secondary N) is 2. The SMILES string of the molecule is O=C(O)CC1Nc2nc(Cl)ncc2NC1=O. The summed E-state index contributed by atoms with van der Waals surface area (Å²) in [5, 5.41) is 13.8. The van der Waals surface area contributed by atoms with Crippen molar-refractivity contribution in [2.75, 3.05) is 10.6 Å². The van der Waals surface area contributed by atoms with Gasteiger partial charge in [0.1, 0.15) is 11.7 Å². The third kappa shape index (κ3) is 2.03. The van der Waals surface area contributed by atoms with Gasteiger partial charge in [0.25, 0.3) is 0 Å². The summed E-state index contributed by atoms with van der Waals surface area (Å²) in [5.74, 6) is -1.18. The number of carbonyl (C=O) groups excluding carboxylic acids is 1. The van der Waals surface area contributed by atoms with Gasteiger partial charge < -0.3 is 15.7 Å². The molecule has 8 heteroatoms. The summed E-state index contributed by atoms with van der Waals surface area (Å²) in [7, 11) is 0. The molecule has 0 fully saturated rings. The molecule has 3 N–H and O–H groups in total. The highest BCUT2D eigenvalue weighted by Gasteiger charge is 2.28. The van der Waals surface area contributed by atoms with Crippen molar-refractivity contribution in [3.8, 4) is 0 Å². The van der Waals surface area contributed by atoms with Crippen LogP contribution in [0.1, 0.15) is 6.42 Å². The van der Waals surface area contributed by atoms with E-state index >= 15 is 0 Å². The van der Waals surface area contributed by atoms with Gasteiger partial charge in [0, 0.05) is 0 Å². The lowest BCUT2D eigenvalue weighted by atomic mass is 10.1. The summed E-state index contributed by atoms with van der Waals surface area (Å²) < 4.78 is 0. The Morgan fingerprint density at radius 2 is 2.38 bits per heavy atom. The first-order valence-electron chi connectivity index (χ1n) is 4.38. The lowest BCUT2D eigenvalue weighted by molar-refractivity contribution is -0.138. The molecule has 1 unspecified atom stereocenters. The molecule has 84 valence electrons. The maximum atomic E-state index is 11.5. The molecule has 16 heavy (non-hydrogen) atoms. The molecule has 0 saturated carbocycles. The van der Waals surface area contributed by atoms with E-state index in [2.05, 4.69) is 20.6 Å². The fourth-order valence-electron chi connectivity index (χ4n) is 1.33. The molecule has 7 nitrogen and oxygen atoms in total. The predicted molar refractivity (Wildman–Crippen MR) is 55.3 cm³/mol. The Hall–Kier alpha value is -1.89.